The average molecular weight is 194 g/mol. The number of carboxylic acid groups (broad SMARTS) is 2. The van der Waals surface area contributed by atoms with E-state index in [4.69, 9.17) is 10.2 Å². The van der Waals surface area contributed by atoms with Gasteiger partial charge in [-0.05, 0) is 0 Å². The minimum atomic E-state index is -1.58. The number of aliphatic carboxylic acids is 2. The van der Waals surface area contributed by atoms with Crippen molar-refractivity contribution in [3.05, 3.63) is 0 Å². The first kappa shape index (κ1) is 18.4. The first-order valence-corrected chi connectivity index (χ1v) is 2.52. The molecule has 12 heavy (non-hydrogen) atoms. The third-order valence-corrected chi connectivity index (χ3v) is 0.804. The third-order valence-electron chi connectivity index (χ3n) is 0.804. The molecule has 0 amide bonds. The van der Waals surface area contributed by atoms with Gasteiger partial charge in [-0.25, -0.2) is 4.79 Å². The molecule has 0 unspecified atom stereocenters. The predicted octanol–water partition coefficient (Wildman–Crippen LogP) is -6.26. The molecule has 0 aromatic carbocycles. The number of hydrogen-bond donors (Lipinski definition) is 2. The fourth-order valence-electron chi connectivity index (χ4n) is 0.327. The Labute approximate surface area is 116 Å². The number of carbonyl (C=O) groups excluding carboxylic acids is 1. The normalized spacial score (nSPS) is 7.33. The van der Waals surface area contributed by atoms with E-state index >= 15 is 0 Å². The summed E-state index contributed by atoms with van der Waals surface area (Å²) in [4.78, 5) is 29.7. The van der Waals surface area contributed by atoms with E-state index in [0.29, 0.717) is 0 Å². The molecule has 2 N–H and O–H groups in total. The maximum Gasteiger partial charge on any atom is 1.00 e. The molecule has 0 aromatic rings. The van der Waals surface area contributed by atoms with Gasteiger partial charge in [-0.3, -0.25) is 9.59 Å². The average Bonchev–Trinajstić information content (AvgIpc) is 1.82. The number of rotatable bonds is 4. The first-order chi connectivity index (χ1) is 4.54. The number of carboxylic acids is 2. The molecule has 0 spiro atoms. The summed E-state index contributed by atoms with van der Waals surface area (Å²) >= 11 is 0. The van der Waals surface area contributed by atoms with E-state index in [-0.39, 0.29) is 62.0 Å². The van der Waals surface area contributed by atoms with Crippen LogP contribution in [0.5, 0.6) is 0 Å². The van der Waals surface area contributed by atoms with Crippen molar-refractivity contribution in [3.63, 3.8) is 0 Å². The van der Waals surface area contributed by atoms with Crippen molar-refractivity contribution in [3.8, 4) is 0 Å². The van der Waals surface area contributed by atoms with Gasteiger partial charge in [-0.15, -0.1) is 0 Å². The van der Waals surface area contributed by atoms with Crippen molar-refractivity contribution in [2.45, 2.75) is 12.8 Å². The molecule has 0 heterocycles. The summed E-state index contributed by atoms with van der Waals surface area (Å²) in [5.41, 5.74) is 0. The smallest absolute Gasteiger partial charge is 1.00 e. The molecule has 0 aliphatic heterocycles. The van der Waals surface area contributed by atoms with Crippen molar-refractivity contribution in [1.29, 1.82) is 0 Å². The summed E-state index contributed by atoms with van der Waals surface area (Å²) in [5.74, 6) is -3.82. The molecular formula is C5H8Na2O5. The molecular weight excluding hydrogens is 186 g/mol. The molecule has 0 atom stereocenters. The zero-order valence-corrected chi connectivity index (χ0v) is 11.0. The fraction of sp³-hybridized carbons (Fsp3) is 0.400. The van der Waals surface area contributed by atoms with Gasteiger partial charge in [0, 0.05) is 6.42 Å². The van der Waals surface area contributed by atoms with Crippen molar-refractivity contribution < 1.29 is 86.6 Å². The van der Waals surface area contributed by atoms with Crippen LogP contribution in [0.25, 0.3) is 0 Å². The predicted molar refractivity (Wildman–Crippen MR) is 31.7 cm³/mol. The monoisotopic (exact) mass is 194 g/mol. The molecule has 0 radical (unpaired) electrons. The van der Waals surface area contributed by atoms with Gasteiger partial charge in [0.25, 0.3) is 0 Å². The zero-order valence-electron chi connectivity index (χ0n) is 9.03. The minimum Gasteiger partial charge on any atom is -1.00 e. The van der Waals surface area contributed by atoms with E-state index in [1.54, 1.807) is 0 Å². The molecule has 7 heteroatoms. The quantitative estimate of drug-likeness (QED) is 0.343. The maximum absolute atomic E-state index is 10.2. The first-order valence-electron chi connectivity index (χ1n) is 2.52. The second kappa shape index (κ2) is 9.70. The fourth-order valence-corrected chi connectivity index (χ4v) is 0.327. The van der Waals surface area contributed by atoms with Gasteiger partial charge in [0.1, 0.15) is 0 Å². The van der Waals surface area contributed by atoms with Crippen molar-refractivity contribution in [1.82, 2.24) is 0 Å². The van der Waals surface area contributed by atoms with Gasteiger partial charge in [0.05, 0.1) is 6.42 Å². The van der Waals surface area contributed by atoms with Gasteiger partial charge < -0.3 is 13.1 Å². The van der Waals surface area contributed by atoms with Crippen LogP contribution >= 0.6 is 0 Å². The molecule has 60 valence electrons. The topological polar surface area (TPSA) is 91.7 Å². The van der Waals surface area contributed by atoms with Gasteiger partial charge in [-0.1, -0.05) is 0 Å². The molecule has 0 rings (SSSR count). The Hall–Kier alpha value is 0.610. The van der Waals surface area contributed by atoms with E-state index in [0.717, 1.165) is 0 Å². The Morgan fingerprint density at radius 3 is 1.67 bits per heavy atom. The Bertz CT molecular complexity index is 187. The molecule has 5 nitrogen and oxygen atoms in total. The Balaban J connectivity index is -0.0000000675. The number of hydrogen-bond acceptors (Lipinski definition) is 3. The van der Waals surface area contributed by atoms with E-state index < -0.39 is 30.6 Å². The minimum absolute atomic E-state index is 0. The molecule has 0 aromatic heterocycles. The van der Waals surface area contributed by atoms with Gasteiger partial charge in [-0.2, -0.15) is 0 Å². The van der Waals surface area contributed by atoms with E-state index in [1.165, 1.54) is 0 Å². The molecule has 0 fully saturated rings. The maximum atomic E-state index is 10.2. The van der Waals surface area contributed by atoms with Crippen LogP contribution in [0.2, 0.25) is 0 Å². The van der Waals surface area contributed by atoms with Gasteiger partial charge in [0.15, 0.2) is 0 Å². The van der Waals surface area contributed by atoms with Crippen LogP contribution in [0.4, 0.5) is 0 Å². The summed E-state index contributed by atoms with van der Waals surface area (Å²) < 4.78 is 0. The van der Waals surface area contributed by atoms with Crippen LogP contribution in [0, 0.1) is 0 Å². The Kier molecular flexibility index (Phi) is 14.9. The summed E-state index contributed by atoms with van der Waals surface area (Å²) in [6.07, 6.45) is -0.865. The number of carbonyl (C=O) groups is 3. The second-order valence-electron chi connectivity index (χ2n) is 1.62. The summed E-state index contributed by atoms with van der Waals surface area (Å²) in [6, 6.07) is 0. The van der Waals surface area contributed by atoms with Crippen molar-refractivity contribution in [2.75, 3.05) is 0 Å². The third kappa shape index (κ3) is 10.6. The van der Waals surface area contributed by atoms with E-state index in [2.05, 4.69) is 0 Å². The number of Topliss-reactive ketones (excluding diaryl/α,β-unsaturated/α-hetero) is 1. The van der Waals surface area contributed by atoms with E-state index in [9.17, 15) is 14.4 Å². The van der Waals surface area contributed by atoms with Crippen LogP contribution in [0.1, 0.15) is 15.7 Å². The Morgan fingerprint density at radius 1 is 1.00 bits per heavy atom. The van der Waals surface area contributed by atoms with Crippen LogP contribution in [-0.2, 0) is 14.4 Å². The van der Waals surface area contributed by atoms with Crippen molar-refractivity contribution in [2.24, 2.45) is 0 Å². The molecule has 0 saturated carbocycles. The summed E-state index contributed by atoms with van der Waals surface area (Å²) in [5, 5.41) is 16.0. The molecule has 0 saturated heterocycles. The van der Waals surface area contributed by atoms with Gasteiger partial charge >= 0.3 is 71.1 Å². The zero-order chi connectivity index (χ0) is 8.15. The van der Waals surface area contributed by atoms with Crippen molar-refractivity contribution >= 4 is 17.7 Å². The Morgan fingerprint density at radius 2 is 1.42 bits per heavy atom. The van der Waals surface area contributed by atoms with Crippen LogP contribution < -0.4 is 59.1 Å². The van der Waals surface area contributed by atoms with E-state index in [1.807, 2.05) is 0 Å². The summed E-state index contributed by atoms with van der Waals surface area (Å²) in [7, 11) is 0. The largest absolute Gasteiger partial charge is 1.00 e. The SMILES string of the molecule is O=C(O)CCC(=O)C(=O)O.[H-].[H-].[Na+].[Na+]. The van der Waals surface area contributed by atoms with Crippen LogP contribution in [0.3, 0.4) is 0 Å². The molecule has 0 aliphatic rings. The van der Waals surface area contributed by atoms with Gasteiger partial charge in [0.2, 0.25) is 5.78 Å². The van der Waals surface area contributed by atoms with Crippen LogP contribution in [0.15, 0.2) is 0 Å². The summed E-state index contributed by atoms with van der Waals surface area (Å²) in [6.45, 7) is 0. The number of ketones is 1. The standard InChI is InChI=1S/C5H6O5.2Na.2H/c6-3(5(9)10)1-2-4(7)8;;;;/h1-2H2,(H,7,8)(H,9,10);;;;/q;2*+1;2*-1. The molecule has 0 aliphatic carbocycles. The molecule has 0 bridgehead atoms. The second-order valence-corrected chi connectivity index (χ2v) is 1.62. The van der Waals surface area contributed by atoms with Crippen LogP contribution in [-0.4, -0.2) is 27.9 Å².